The van der Waals surface area contributed by atoms with Gasteiger partial charge in [0.05, 0.1) is 10.9 Å². The van der Waals surface area contributed by atoms with Crippen molar-refractivity contribution in [3.05, 3.63) is 93.1 Å². The Kier molecular flexibility index (Phi) is 7.81. The molecule has 6 nitrogen and oxygen atoms in total. The Labute approximate surface area is 189 Å². The lowest BCUT2D eigenvalue weighted by atomic mass is 10.1. The number of amides is 2. The average molecular weight is 457 g/mol. The minimum Gasteiger partial charge on any atom is -0.454 e. The second kappa shape index (κ2) is 10.7. The molecule has 1 heterocycles. The lowest BCUT2D eigenvalue weighted by molar-refractivity contribution is -0.153. The number of nitrogens with one attached hydrogen (secondary N) is 1. The first-order chi connectivity index (χ1) is 14.9. The molecule has 0 aliphatic heterocycles. The summed E-state index contributed by atoms with van der Waals surface area (Å²) < 4.78 is 5.89. The van der Waals surface area contributed by atoms with E-state index in [0.717, 1.165) is 4.88 Å². The molecular formula is C23H21ClN2O4S. The van der Waals surface area contributed by atoms with Crippen molar-refractivity contribution in [3.8, 4) is 0 Å². The molecule has 2 aromatic carbocycles. The van der Waals surface area contributed by atoms with Gasteiger partial charge in [-0.25, -0.2) is 4.79 Å². The quantitative estimate of drug-likeness (QED) is 0.518. The lowest BCUT2D eigenvalue weighted by Crippen LogP contribution is -2.37. The highest BCUT2D eigenvalue weighted by molar-refractivity contribution is 7.16. The number of hydrogen-bond acceptors (Lipinski definition) is 5. The van der Waals surface area contributed by atoms with Crippen molar-refractivity contribution >= 4 is 40.7 Å². The molecule has 0 aliphatic rings. The number of rotatable bonds is 8. The van der Waals surface area contributed by atoms with Gasteiger partial charge in [-0.1, -0.05) is 60.1 Å². The summed E-state index contributed by atoms with van der Waals surface area (Å²) >= 11 is 7.30. The van der Waals surface area contributed by atoms with E-state index in [1.165, 1.54) is 16.2 Å². The largest absolute Gasteiger partial charge is 0.454 e. The van der Waals surface area contributed by atoms with Gasteiger partial charge >= 0.3 is 5.97 Å². The number of benzene rings is 2. The van der Waals surface area contributed by atoms with Gasteiger partial charge in [0.25, 0.3) is 11.8 Å². The summed E-state index contributed by atoms with van der Waals surface area (Å²) in [7, 11) is 1.62. The minimum absolute atomic E-state index is 0.362. The number of hydrogen-bond donors (Lipinski definition) is 1. The molecule has 0 saturated heterocycles. The van der Waals surface area contributed by atoms with Crippen molar-refractivity contribution in [1.29, 1.82) is 0 Å². The summed E-state index contributed by atoms with van der Waals surface area (Å²) in [6, 6.07) is 19.9. The highest BCUT2D eigenvalue weighted by Gasteiger charge is 2.26. The number of esters is 1. The molecule has 0 bridgehead atoms. The van der Waals surface area contributed by atoms with Gasteiger partial charge in [-0.2, -0.15) is 0 Å². The molecule has 3 rings (SSSR count). The van der Waals surface area contributed by atoms with Gasteiger partial charge in [0.1, 0.15) is 0 Å². The Morgan fingerprint density at radius 2 is 1.65 bits per heavy atom. The van der Waals surface area contributed by atoms with Crippen molar-refractivity contribution in [2.75, 3.05) is 13.7 Å². The van der Waals surface area contributed by atoms with E-state index in [0.29, 0.717) is 22.0 Å². The lowest BCUT2D eigenvalue weighted by Gasteiger charge is -2.20. The molecule has 0 aliphatic carbocycles. The summed E-state index contributed by atoms with van der Waals surface area (Å²) in [6.07, 6.45) is 0. The number of likely N-dealkylation sites (N-methyl/N-ethyl adjacent to an activating group) is 1. The van der Waals surface area contributed by atoms with E-state index in [2.05, 4.69) is 5.32 Å². The molecular weight excluding hydrogens is 436 g/mol. The highest BCUT2D eigenvalue weighted by atomic mass is 35.5. The predicted molar refractivity (Wildman–Crippen MR) is 120 cm³/mol. The van der Waals surface area contributed by atoms with Gasteiger partial charge in [-0.15, -0.1) is 11.3 Å². The summed E-state index contributed by atoms with van der Waals surface area (Å²) in [5, 5.41) is 2.69. The third-order valence-corrected chi connectivity index (χ3v) is 5.68. The zero-order chi connectivity index (χ0) is 22.2. The number of carbonyl (C=O) groups excluding carboxylic acids is 3. The van der Waals surface area contributed by atoms with Crippen molar-refractivity contribution in [2.45, 2.75) is 12.6 Å². The molecule has 8 heteroatoms. The molecule has 0 radical (unpaired) electrons. The molecule has 0 fully saturated rings. The fourth-order valence-electron chi connectivity index (χ4n) is 2.81. The molecule has 0 spiro atoms. The topological polar surface area (TPSA) is 75.7 Å². The van der Waals surface area contributed by atoms with Crippen molar-refractivity contribution in [1.82, 2.24) is 10.2 Å². The van der Waals surface area contributed by atoms with Crippen LogP contribution in [-0.4, -0.2) is 36.3 Å². The van der Waals surface area contributed by atoms with Crippen LogP contribution in [0.1, 0.15) is 26.8 Å². The normalized spacial score (nSPS) is 11.4. The molecule has 0 saturated carbocycles. The first kappa shape index (κ1) is 22.5. The van der Waals surface area contributed by atoms with Gasteiger partial charge in [-0.05, 0) is 29.8 Å². The summed E-state index contributed by atoms with van der Waals surface area (Å²) in [6.45, 7) is -0.0698. The van der Waals surface area contributed by atoms with Crippen molar-refractivity contribution in [2.24, 2.45) is 0 Å². The maximum Gasteiger partial charge on any atom is 0.333 e. The summed E-state index contributed by atoms with van der Waals surface area (Å²) in [4.78, 5) is 40.1. The molecule has 160 valence electrons. The second-order valence-corrected chi connectivity index (χ2v) is 8.55. The van der Waals surface area contributed by atoms with Gasteiger partial charge in [0.2, 0.25) is 0 Å². The number of ether oxygens (including phenoxy) is 1. The second-order valence-electron chi connectivity index (χ2n) is 6.75. The zero-order valence-electron chi connectivity index (χ0n) is 16.8. The standard InChI is InChI=1S/C23H21ClN2O4S/c1-26(14-18-12-13-19(24)31-18)20(27)15-30-23(29)21(16-8-4-2-5-9-16)25-22(28)17-10-6-3-7-11-17/h2-13,21H,14-15H2,1H3,(H,25,28). The zero-order valence-corrected chi connectivity index (χ0v) is 18.4. The number of carbonyl (C=O) groups is 3. The molecule has 1 N–H and O–H groups in total. The van der Waals surface area contributed by atoms with Crippen LogP contribution in [0.3, 0.4) is 0 Å². The van der Waals surface area contributed by atoms with Crippen LogP contribution < -0.4 is 5.32 Å². The maximum absolute atomic E-state index is 12.8. The van der Waals surface area contributed by atoms with E-state index in [1.807, 2.05) is 6.07 Å². The number of nitrogens with zero attached hydrogens (tertiary/aromatic N) is 1. The molecule has 2 amide bonds. The van der Waals surface area contributed by atoms with Gasteiger partial charge in [0, 0.05) is 17.5 Å². The Morgan fingerprint density at radius 1 is 1.00 bits per heavy atom. The van der Waals surface area contributed by atoms with Crippen LogP contribution in [0.2, 0.25) is 4.34 Å². The van der Waals surface area contributed by atoms with E-state index in [1.54, 1.807) is 73.8 Å². The first-order valence-corrected chi connectivity index (χ1v) is 10.7. The third-order valence-electron chi connectivity index (χ3n) is 4.47. The van der Waals surface area contributed by atoms with Gasteiger partial charge in [0.15, 0.2) is 12.6 Å². The Bertz CT molecular complexity index is 1040. The van der Waals surface area contributed by atoms with E-state index in [4.69, 9.17) is 16.3 Å². The van der Waals surface area contributed by atoms with Gasteiger partial charge in [-0.3, -0.25) is 9.59 Å². The van der Waals surface area contributed by atoms with Crippen LogP contribution in [0, 0.1) is 0 Å². The molecule has 1 atom stereocenters. The Hall–Kier alpha value is -3.16. The third kappa shape index (κ3) is 6.41. The Morgan fingerprint density at radius 3 is 2.26 bits per heavy atom. The van der Waals surface area contributed by atoms with Crippen LogP contribution >= 0.6 is 22.9 Å². The minimum atomic E-state index is -1.04. The summed E-state index contributed by atoms with van der Waals surface area (Å²) in [5.41, 5.74) is 0.979. The maximum atomic E-state index is 12.8. The molecule has 1 unspecified atom stereocenters. The molecule has 1 aromatic heterocycles. The van der Waals surface area contributed by atoms with Crippen LogP contribution in [0.15, 0.2) is 72.8 Å². The van der Waals surface area contributed by atoms with Crippen LogP contribution in [0.4, 0.5) is 0 Å². The predicted octanol–water partition coefficient (Wildman–Crippen LogP) is 4.07. The van der Waals surface area contributed by atoms with Crippen molar-refractivity contribution < 1.29 is 19.1 Å². The van der Waals surface area contributed by atoms with E-state index < -0.39 is 24.5 Å². The van der Waals surface area contributed by atoms with Gasteiger partial charge < -0.3 is 15.0 Å². The molecule has 31 heavy (non-hydrogen) atoms. The van der Waals surface area contributed by atoms with Crippen molar-refractivity contribution in [3.63, 3.8) is 0 Å². The SMILES string of the molecule is CN(Cc1ccc(Cl)s1)C(=O)COC(=O)C(NC(=O)c1ccccc1)c1ccccc1. The van der Waals surface area contributed by atoms with E-state index in [9.17, 15) is 14.4 Å². The number of halogens is 1. The van der Waals surface area contributed by atoms with Crippen LogP contribution in [0.25, 0.3) is 0 Å². The van der Waals surface area contributed by atoms with E-state index >= 15 is 0 Å². The summed E-state index contributed by atoms with van der Waals surface area (Å²) in [5.74, 6) is -1.49. The van der Waals surface area contributed by atoms with Crippen LogP contribution in [0.5, 0.6) is 0 Å². The van der Waals surface area contributed by atoms with Crippen LogP contribution in [-0.2, 0) is 20.9 Å². The highest BCUT2D eigenvalue weighted by Crippen LogP contribution is 2.22. The monoisotopic (exact) mass is 456 g/mol. The smallest absolute Gasteiger partial charge is 0.333 e. The Balaban J connectivity index is 1.64. The first-order valence-electron chi connectivity index (χ1n) is 9.49. The molecule has 3 aromatic rings. The fourth-order valence-corrected chi connectivity index (χ4v) is 3.95. The number of thiophene rings is 1. The van der Waals surface area contributed by atoms with E-state index in [-0.39, 0.29) is 5.91 Å². The fraction of sp³-hybridized carbons (Fsp3) is 0.174. The average Bonchev–Trinajstić information content (AvgIpc) is 3.20.